The number of rotatable bonds is 4. The quantitative estimate of drug-likeness (QED) is 0.555. The van der Waals surface area contributed by atoms with Gasteiger partial charge in [0, 0.05) is 11.4 Å². The molecule has 25 heavy (non-hydrogen) atoms. The summed E-state index contributed by atoms with van der Waals surface area (Å²) in [6.45, 7) is 2.74. The number of fused-ring (bicyclic) bond motifs is 3. The summed E-state index contributed by atoms with van der Waals surface area (Å²) in [7, 11) is 0. The van der Waals surface area contributed by atoms with E-state index in [4.69, 9.17) is 0 Å². The van der Waals surface area contributed by atoms with Gasteiger partial charge in [0.05, 0.1) is 11.1 Å². The summed E-state index contributed by atoms with van der Waals surface area (Å²) in [5, 5.41) is 4.02. The SMILES string of the molecule is CCNc1ncnc2sc3c(=O)n(-c4ccc(SC)cc4)cnc3c12. The fourth-order valence-corrected chi connectivity index (χ4v) is 4.13. The first-order valence-corrected chi connectivity index (χ1v) is 9.80. The first-order chi connectivity index (χ1) is 12.2. The van der Waals surface area contributed by atoms with Crippen LogP contribution in [0.5, 0.6) is 0 Å². The highest BCUT2D eigenvalue weighted by Gasteiger charge is 2.16. The topological polar surface area (TPSA) is 72.7 Å². The average Bonchev–Trinajstić information content (AvgIpc) is 3.03. The molecular weight excluding hydrogens is 354 g/mol. The monoisotopic (exact) mass is 369 g/mol. The minimum Gasteiger partial charge on any atom is -0.370 e. The normalized spacial score (nSPS) is 11.3. The second-order valence-corrected chi connectivity index (χ2v) is 7.21. The minimum atomic E-state index is -0.0904. The van der Waals surface area contributed by atoms with Crippen molar-refractivity contribution in [1.82, 2.24) is 19.5 Å². The summed E-state index contributed by atoms with van der Waals surface area (Å²) in [6, 6.07) is 7.85. The van der Waals surface area contributed by atoms with Crippen molar-refractivity contribution in [2.24, 2.45) is 0 Å². The van der Waals surface area contributed by atoms with Gasteiger partial charge < -0.3 is 5.32 Å². The van der Waals surface area contributed by atoms with Crippen molar-refractivity contribution in [1.29, 1.82) is 0 Å². The Balaban J connectivity index is 1.95. The first-order valence-electron chi connectivity index (χ1n) is 7.76. The van der Waals surface area contributed by atoms with E-state index in [1.54, 1.807) is 22.7 Å². The van der Waals surface area contributed by atoms with Crippen LogP contribution in [0.15, 0.2) is 46.6 Å². The van der Waals surface area contributed by atoms with Crippen LogP contribution in [0.2, 0.25) is 0 Å². The Labute approximate surface area is 152 Å². The second kappa shape index (κ2) is 6.45. The molecule has 0 aliphatic carbocycles. The third kappa shape index (κ3) is 2.67. The van der Waals surface area contributed by atoms with Crippen molar-refractivity contribution < 1.29 is 0 Å². The standard InChI is InChI=1S/C17H15N5OS2/c1-3-18-15-12-13-14(25-16(12)20-8-19-15)17(23)22(9-21-13)10-4-6-11(24-2)7-5-10/h4-9H,3H2,1-2H3,(H,18,19,20). The van der Waals surface area contributed by atoms with E-state index in [1.807, 2.05) is 37.4 Å². The van der Waals surface area contributed by atoms with Gasteiger partial charge in [-0.1, -0.05) is 0 Å². The smallest absolute Gasteiger partial charge is 0.275 e. The number of benzene rings is 1. The Morgan fingerprint density at radius 2 is 2.00 bits per heavy atom. The van der Waals surface area contributed by atoms with Crippen LogP contribution in [0.1, 0.15) is 6.92 Å². The van der Waals surface area contributed by atoms with Crippen molar-refractivity contribution in [2.75, 3.05) is 18.1 Å². The van der Waals surface area contributed by atoms with Gasteiger partial charge in [0.15, 0.2) is 0 Å². The molecule has 0 atom stereocenters. The van der Waals surface area contributed by atoms with E-state index in [-0.39, 0.29) is 5.56 Å². The van der Waals surface area contributed by atoms with Crippen molar-refractivity contribution in [3.8, 4) is 5.69 Å². The van der Waals surface area contributed by atoms with Crippen LogP contribution in [0.25, 0.3) is 26.1 Å². The molecular formula is C17H15N5OS2. The van der Waals surface area contributed by atoms with Crippen LogP contribution >= 0.6 is 23.1 Å². The van der Waals surface area contributed by atoms with Crippen molar-refractivity contribution in [3.05, 3.63) is 47.3 Å². The number of aromatic nitrogens is 4. The minimum absolute atomic E-state index is 0.0904. The molecule has 4 aromatic rings. The molecule has 0 unspecified atom stereocenters. The molecule has 8 heteroatoms. The maximum absolute atomic E-state index is 13.0. The molecule has 0 radical (unpaired) electrons. The highest BCUT2D eigenvalue weighted by molar-refractivity contribution is 7.98. The van der Waals surface area contributed by atoms with Gasteiger partial charge in [0.1, 0.15) is 33.5 Å². The number of thiophene rings is 1. The third-order valence-corrected chi connectivity index (χ3v) is 5.69. The zero-order valence-corrected chi connectivity index (χ0v) is 15.3. The van der Waals surface area contributed by atoms with Gasteiger partial charge in [0.2, 0.25) is 0 Å². The highest BCUT2D eigenvalue weighted by atomic mass is 32.2. The number of hydrogen-bond acceptors (Lipinski definition) is 7. The third-order valence-electron chi connectivity index (χ3n) is 3.87. The zero-order chi connectivity index (χ0) is 17.4. The van der Waals surface area contributed by atoms with E-state index in [0.29, 0.717) is 16.0 Å². The van der Waals surface area contributed by atoms with E-state index in [0.717, 1.165) is 27.3 Å². The number of hydrogen-bond donors (Lipinski definition) is 1. The van der Waals surface area contributed by atoms with E-state index < -0.39 is 0 Å². The molecule has 0 bridgehead atoms. The molecule has 0 spiro atoms. The van der Waals surface area contributed by atoms with Crippen LogP contribution in [0.3, 0.4) is 0 Å². The van der Waals surface area contributed by atoms with E-state index in [9.17, 15) is 4.79 Å². The lowest BCUT2D eigenvalue weighted by atomic mass is 10.3. The Morgan fingerprint density at radius 1 is 1.20 bits per heavy atom. The fourth-order valence-electron chi connectivity index (χ4n) is 2.69. The summed E-state index contributed by atoms with van der Waals surface area (Å²) >= 11 is 3.02. The van der Waals surface area contributed by atoms with Crippen LogP contribution < -0.4 is 10.9 Å². The number of nitrogens with one attached hydrogen (secondary N) is 1. The molecule has 0 amide bonds. The van der Waals surface area contributed by atoms with Crippen molar-refractivity contribution in [2.45, 2.75) is 11.8 Å². The van der Waals surface area contributed by atoms with Crippen molar-refractivity contribution in [3.63, 3.8) is 0 Å². The summed E-state index contributed by atoms with van der Waals surface area (Å²) < 4.78 is 2.16. The van der Waals surface area contributed by atoms with Crippen LogP contribution in [0, 0.1) is 0 Å². The molecule has 1 aromatic carbocycles. The van der Waals surface area contributed by atoms with E-state index in [1.165, 1.54) is 17.7 Å². The Hall–Kier alpha value is -2.45. The predicted molar refractivity (Wildman–Crippen MR) is 104 cm³/mol. The van der Waals surface area contributed by atoms with E-state index >= 15 is 0 Å². The molecule has 0 aliphatic rings. The van der Waals surface area contributed by atoms with Crippen LogP contribution in [-0.2, 0) is 0 Å². The Kier molecular flexibility index (Phi) is 4.14. The van der Waals surface area contributed by atoms with Gasteiger partial charge in [-0.2, -0.15) is 0 Å². The summed E-state index contributed by atoms with van der Waals surface area (Å²) in [4.78, 5) is 28.0. The van der Waals surface area contributed by atoms with Gasteiger partial charge in [-0.15, -0.1) is 23.1 Å². The van der Waals surface area contributed by atoms with Gasteiger partial charge in [-0.3, -0.25) is 9.36 Å². The summed E-state index contributed by atoms with van der Waals surface area (Å²) in [5.74, 6) is 0.715. The van der Waals surface area contributed by atoms with Crippen LogP contribution in [0.4, 0.5) is 5.82 Å². The van der Waals surface area contributed by atoms with Gasteiger partial charge in [0.25, 0.3) is 5.56 Å². The second-order valence-electron chi connectivity index (χ2n) is 5.33. The average molecular weight is 369 g/mol. The molecule has 0 fully saturated rings. The molecule has 0 saturated carbocycles. The summed E-state index contributed by atoms with van der Waals surface area (Å²) in [5.41, 5.74) is 1.36. The summed E-state index contributed by atoms with van der Waals surface area (Å²) in [6.07, 6.45) is 5.11. The molecule has 6 nitrogen and oxygen atoms in total. The molecule has 4 rings (SSSR count). The lowest BCUT2D eigenvalue weighted by Crippen LogP contribution is -2.17. The number of anilines is 1. The lowest BCUT2D eigenvalue weighted by molar-refractivity contribution is 0.965. The maximum Gasteiger partial charge on any atom is 0.275 e. The number of nitrogens with zero attached hydrogens (tertiary/aromatic N) is 4. The Morgan fingerprint density at radius 3 is 2.72 bits per heavy atom. The van der Waals surface area contributed by atoms with Gasteiger partial charge in [-0.25, -0.2) is 15.0 Å². The van der Waals surface area contributed by atoms with E-state index in [2.05, 4.69) is 20.3 Å². The molecule has 0 aliphatic heterocycles. The predicted octanol–water partition coefficient (Wildman–Crippen LogP) is 3.54. The molecule has 1 N–H and O–H groups in total. The number of thioether (sulfide) groups is 1. The van der Waals surface area contributed by atoms with Gasteiger partial charge in [-0.05, 0) is 37.4 Å². The van der Waals surface area contributed by atoms with Gasteiger partial charge >= 0.3 is 0 Å². The van der Waals surface area contributed by atoms with Crippen LogP contribution in [-0.4, -0.2) is 32.3 Å². The zero-order valence-electron chi connectivity index (χ0n) is 13.7. The molecule has 0 saturated heterocycles. The Bertz CT molecular complexity index is 1120. The van der Waals surface area contributed by atoms with Crippen molar-refractivity contribution >= 4 is 49.3 Å². The molecule has 3 heterocycles. The molecule has 126 valence electrons. The molecule has 3 aromatic heterocycles. The highest BCUT2D eigenvalue weighted by Crippen LogP contribution is 2.32. The largest absolute Gasteiger partial charge is 0.370 e. The maximum atomic E-state index is 13.0. The lowest BCUT2D eigenvalue weighted by Gasteiger charge is -2.06. The fraction of sp³-hybridized carbons (Fsp3) is 0.176. The first kappa shape index (κ1) is 16.0.